The molecule has 1 heterocycles. The molecular formula is C17H20N2. The standard InChI is InChI=1S/C17H20N2/c1-6-12(2)17-18-16(11-14(4)19(17)5)15-10-8-7-9-13(15)3/h6-11H,1H2,2-5H3/b17-12-. The molecule has 0 spiro atoms. The molecule has 1 aliphatic heterocycles. The van der Waals surface area contributed by atoms with E-state index in [4.69, 9.17) is 4.99 Å². The normalized spacial score (nSPS) is 17.8. The fourth-order valence-corrected chi connectivity index (χ4v) is 2.13. The lowest BCUT2D eigenvalue weighted by Gasteiger charge is -2.27. The summed E-state index contributed by atoms with van der Waals surface area (Å²) in [5.41, 5.74) is 5.71. The van der Waals surface area contributed by atoms with Gasteiger partial charge in [-0.2, -0.15) is 0 Å². The van der Waals surface area contributed by atoms with Gasteiger partial charge < -0.3 is 4.90 Å². The van der Waals surface area contributed by atoms with Crippen LogP contribution in [0.15, 0.2) is 65.1 Å². The van der Waals surface area contributed by atoms with Crippen LogP contribution in [0.5, 0.6) is 0 Å². The molecule has 0 saturated heterocycles. The molecule has 1 aromatic rings. The van der Waals surface area contributed by atoms with E-state index in [1.165, 1.54) is 16.8 Å². The van der Waals surface area contributed by atoms with E-state index >= 15 is 0 Å². The Morgan fingerprint density at radius 3 is 2.58 bits per heavy atom. The van der Waals surface area contributed by atoms with Gasteiger partial charge in [-0.3, -0.25) is 0 Å². The Hall–Kier alpha value is -2.09. The van der Waals surface area contributed by atoms with Crippen molar-refractivity contribution in [3.05, 3.63) is 71.2 Å². The van der Waals surface area contributed by atoms with Crippen molar-refractivity contribution in [2.75, 3.05) is 7.05 Å². The number of aryl methyl sites for hydroxylation is 1. The Bertz CT molecular complexity index is 603. The summed E-state index contributed by atoms with van der Waals surface area (Å²) in [6, 6.07) is 8.33. The zero-order valence-corrected chi connectivity index (χ0v) is 12.1. The van der Waals surface area contributed by atoms with Gasteiger partial charge in [-0.05, 0) is 38.0 Å². The Morgan fingerprint density at radius 1 is 1.26 bits per heavy atom. The van der Waals surface area contributed by atoms with Gasteiger partial charge in [0.1, 0.15) is 5.82 Å². The maximum atomic E-state index is 4.79. The van der Waals surface area contributed by atoms with Gasteiger partial charge in [-0.15, -0.1) is 0 Å². The van der Waals surface area contributed by atoms with Crippen LogP contribution in [0.25, 0.3) is 0 Å². The van der Waals surface area contributed by atoms with Crippen LogP contribution in [-0.4, -0.2) is 17.7 Å². The molecule has 19 heavy (non-hydrogen) atoms. The van der Waals surface area contributed by atoms with Gasteiger partial charge in [0.25, 0.3) is 0 Å². The van der Waals surface area contributed by atoms with Gasteiger partial charge in [-0.1, -0.05) is 36.9 Å². The molecule has 0 aromatic heterocycles. The minimum absolute atomic E-state index is 0.966. The molecule has 0 atom stereocenters. The van der Waals surface area contributed by atoms with Gasteiger partial charge in [0.05, 0.1) is 5.71 Å². The molecule has 1 aliphatic rings. The molecule has 0 unspecified atom stereocenters. The fraction of sp³-hybridized carbons (Fsp3) is 0.235. The van der Waals surface area contributed by atoms with Crippen molar-refractivity contribution in [2.24, 2.45) is 4.99 Å². The predicted molar refractivity (Wildman–Crippen MR) is 82.1 cm³/mol. The van der Waals surface area contributed by atoms with E-state index in [-0.39, 0.29) is 0 Å². The van der Waals surface area contributed by atoms with Gasteiger partial charge in [0.2, 0.25) is 0 Å². The third-order valence-corrected chi connectivity index (χ3v) is 3.50. The van der Waals surface area contributed by atoms with Gasteiger partial charge in [0.15, 0.2) is 0 Å². The second-order valence-corrected chi connectivity index (χ2v) is 4.87. The Kier molecular flexibility index (Phi) is 3.70. The van der Waals surface area contributed by atoms with Crippen molar-refractivity contribution in [3.63, 3.8) is 0 Å². The highest BCUT2D eigenvalue weighted by Gasteiger charge is 2.16. The molecule has 0 bridgehead atoms. The molecule has 2 nitrogen and oxygen atoms in total. The van der Waals surface area contributed by atoms with E-state index < -0.39 is 0 Å². The average Bonchev–Trinajstić information content (AvgIpc) is 2.41. The van der Waals surface area contributed by atoms with Crippen LogP contribution < -0.4 is 0 Å². The molecule has 2 rings (SSSR count). The molecule has 0 radical (unpaired) electrons. The molecule has 98 valence electrons. The summed E-state index contributed by atoms with van der Waals surface area (Å²) in [5.74, 6) is 0.966. The highest BCUT2D eigenvalue weighted by molar-refractivity contribution is 6.11. The quantitative estimate of drug-likeness (QED) is 0.775. The van der Waals surface area contributed by atoms with Gasteiger partial charge in [-0.25, -0.2) is 4.99 Å². The van der Waals surface area contributed by atoms with E-state index in [1.807, 2.05) is 20.0 Å². The van der Waals surface area contributed by atoms with Gasteiger partial charge >= 0.3 is 0 Å². The fourth-order valence-electron chi connectivity index (χ4n) is 2.13. The van der Waals surface area contributed by atoms with Crippen molar-refractivity contribution in [2.45, 2.75) is 20.8 Å². The summed E-state index contributed by atoms with van der Waals surface area (Å²) in [5, 5.41) is 0. The minimum Gasteiger partial charge on any atom is -0.333 e. The summed E-state index contributed by atoms with van der Waals surface area (Å²) >= 11 is 0. The van der Waals surface area contributed by atoms with E-state index in [9.17, 15) is 0 Å². The van der Waals surface area contributed by atoms with Crippen molar-refractivity contribution in [3.8, 4) is 0 Å². The average molecular weight is 252 g/mol. The first kappa shape index (κ1) is 13.3. The van der Waals surface area contributed by atoms with Crippen molar-refractivity contribution in [1.29, 1.82) is 0 Å². The van der Waals surface area contributed by atoms with Crippen molar-refractivity contribution >= 4 is 5.71 Å². The lowest BCUT2D eigenvalue weighted by atomic mass is 10.0. The number of nitrogens with zero attached hydrogens (tertiary/aromatic N) is 2. The number of allylic oxidation sites excluding steroid dienone is 4. The van der Waals surface area contributed by atoms with E-state index in [0.29, 0.717) is 0 Å². The SMILES string of the molecule is C=C/C(C)=C1/N=C(c2ccccc2C)C=C(C)N1C. The smallest absolute Gasteiger partial charge is 0.136 e. The van der Waals surface area contributed by atoms with E-state index in [0.717, 1.165) is 17.1 Å². The summed E-state index contributed by atoms with van der Waals surface area (Å²) in [7, 11) is 2.03. The number of hydrogen-bond acceptors (Lipinski definition) is 2. The second-order valence-electron chi connectivity index (χ2n) is 4.87. The number of benzene rings is 1. The van der Waals surface area contributed by atoms with Crippen molar-refractivity contribution in [1.82, 2.24) is 4.90 Å². The third kappa shape index (κ3) is 2.53. The Morgan fingerprint density at radius 2 is 1.95 bits per heavy atom. The molecular weight excluding hydrogens is 232 g/mol. The highest BCUT2D eigenvalue weighted by Crippen LogP contribution is 2.24. The first-order chi connectivity index (χ1) is 9.04. The monoisotopic (exact) mass is 252 g/mol. The molecule has 0 amide bonds. The predicted octanol–water partition coefficient (Wildman–Crippen LogP) is 4.05. The largest absolute Gasteiger partial charge is 0.333 e. The zero-order valence-electron chi connectivity index (χ0n) is 12.1. The lowest BCUT2D eigenvalue weighted by Crippen LogP contribution is -2.22. The molecule has 0 fully saturated rings. The Balaban J connectivity index is 2.59. The van der Waals surface area contributed by atoms with Crippen LogP contribution in [-0.2, 0) is 0 Å². The molecule has 2 heteroatoms. The zero-order chi connectivity index (χ0) is 14.0. The first-order valence-electron chi connectivity index (χ1n) is 6.44. The summed E-state index contributed by atoms with van der Waals surface area (Å²) < 4.78 is 0. The highest BCUT2D eigenvalue weighted by atomic mass is 15.2. The van der Waals surface area contributed by atoms with Crippen LogP contribution >= 0.6 is 0 Å². The second kappa shape index (κ2) is 5.27. The number of hydrogen-bond donors (Lipinski definition) is 0. The van der Waals surface area contributed by atoms with Crippen LogP contribution in [0.1, 0.15) is 25.0 Å². The van der Waals surface area contributed by atoms with Crippen LogP contribution in [0.4, 0.5) is 0 Å². The molecule has 0 N–H and O–H groups in total. The minimum atomic E-state index is 0.966. The Labute approximate surface area is 115 Å². The first-order valence-corrected chi connectivity index (χ1v) is 6.44. The lowest BCUT2D eigenvalue weighted by molar-refractivity contribution is 0.505. The molecule has 0 saturated carbocycles. The van der Waals surface area contributed by atoms with E-state index in [1.54, 1.807) is 0 Å². The third-order valence-electron chi connectivity index (χ3n) is 3.50. The summed E-state index contributed by atoms with van der Waals surface area (Å²) in [4.78, 5) is 6.89. The molecule has 1 aromatic carbocycles. The number of aliphatic imine (C=N–C) groups is 1. The summed E-state index contributed by atoms with van der Waals surface area (Å²) in [6.45, 7) is 10.1. The van der Waals surface area contributed by atoms with Crippen LogP contribution in [0.3, 0.4) is 0 Å². The van der Waals surface area contributed by atoms with Gasteiger partial charge in [0, 0.05) is 18.3 Å². The molecule has 0 aliphatic carbocycles. The topological polar surface area (TPSA) is 15.6 Å². The maximum Gasteiger partial charge on any atom is 0.136 e. The number of rotatable bonds is 2. The maximum absolute atomic E-state index is 4.79. The van der Waals surface area contributed by atoms with E-state index in [2.05, 4.69) is 55.7 Å². The van der Waals surface area contributed by atoms with Crippen LogP contribution in [0.2, 0.25) is 0 Å². The van der Waals surface area contributed by atoms with Crippen LogP contribution in [0, 0.1) is 6.92 Å². The van der Waals surface area contributed by atoms with Crippen molar-refractivity contribution < 1.29 is 0 Å². The summed E-state index contributed by atoms with van der Waals surface area (Å²) in [6.07, 6.45) is 3.98.